The molecule has 4 nitrogen and oxygen atoms in total. The molecule has 1 aromatic rings. The molecule has 2 N–H and O–H groups in total. The summed E-state index contributed by atoms with van der Waals surface area (Å²) in [5, 5.41) is 13.4. The van der Waals surface area contributed by atoms with Gasteiger partial charge in [-0.2, -0.15) is 0 Å². The maximum Gasteiger partial charge on any atom is 0.408 e. The minimum Gasteiger partial charge on any atom is -0.444 e. The zero-order valence-electron chi connectivity index (χ0n) is 10.7. The van der Waals surface area contributed by atoms with E-state index in [2.05, 4.69) is 17.2 Å². The normalized spacial score (nSPS) is 10.4. The van der Waals surface area contributed by atoms with Crippen molar-refractivity contribution in [2.45, 2.75) is 33.0 Å². The van der Waals surface area contributed by atoms with Crippen LogP contribution in [-0.2, 0) is 11.3 Å². The Morgan fingerprint density at radius 1 is 1.56 bits per heavy atom. The number of aliphatic hydroxyl groups is 1. The van der Waals surface area contributed by atoms with Crippen molar-refractivity contribution in [3.63, 3.8) is 0 Å². The first-order chi connectivity index (χ1) is 8.42. The summed E-state index contributed by atoms with van der Waals surface area (Å²) in [4.78, 5) is 12.1. The molecular weight excluding hydrogens is 250 g/mol. The van der Waals surface area contributed by atoms with Crippen molar-refractivity contribution in [2.75, 3.05) is 6.54 Å². The number of hydrogen-bond acceptors (Lipinski definition) is 4. The van der Waals surface area contributed by atoms with Gasteiger partial charge in [0.25, 0.3) is 0 Å². The maximum atomic E-state index is 11.3. The highest BCUT2D eigenvalue weighted by Crippen LogP contribution is 2.14. The molecule has 1 amide bonds. The molecule has 1 rings (SSSR count). The number of rotatable bonds is 2. The van der Waals surface area contributed by atoms with Crippen LogP contribution in [0.25, 0.3) is 0 Å². The summed E-state index contributed by atoms with van der Waals surface area (Å²) in [7, 11) is 0. The fourth-order valence-corrected chi connectivity index (χ4v) is 1.83. The van der Waals surface area contributed by atoms with Crippen LogP contribution in [0.1, 0.15) is 31.2 Å². The Morgan fingerprint density at radius 2 is 2.28 bits per heavy atom. The molecule has 0 aromatic carbocycles. The number of ether oxygens (including phenoxy) is 1. The molecule has 0 saturated heterocycles. The highest BCUT2D eigenvalue weighted by atomic mass is 32.1. The molecule has 1 aromatic heterocycles. The molecular formula is C13H17NO3S. The molecule has 0 fully saturated rings. The van der Waals surface area contributed by atoms with Crippen LogP contribution in [0.2, 0.25) is 0 Å². The predicted molar refractivity (Wildman–Crippen MR) is 71.4 cm³/mol. The van der Waals surface area contributed by atoms with Crippen LogP contribution in [0.4, 0.5) is 4.79 Å². The fraction of sp³-hybridized carbons (Fsp3) is 0.462. The molecule has 1 heterocycles. The van der Waals surface area contributed by atoms with Crippen LogP contribution in [0, 0.1) is 11.8 Å². The third-order valence-corrected chi connectivity index (χ3v) is 2.74. The smallest absolute Gasteiger partial charge is 0.408 e. The first-order valence-corrected chi connectivity index (χ1v) is 6.43. The van der Waals surface area contributed by atoms with Crippen molar-refractivity contribution in [1.82, 2.24) is 5.32 Å². The van der Waals surface area contributed by atoms with E-state index >= 15 is 0 Å². The van der Waals surface area contributed by atoms with E-state index in [0.717, 1.165) is 10.4 Å². The average Bonchev–Trinajstić information content (AvgIpc) is 2.69. The zero-order chi connectivity index (χ0) is 13.6. The van der Waals surface area contributed by atoms with Gasteiger partial charge < -0.3 is 15.2 Å². The minimum absolute atomic E-state index is 0.0127. The summed E-state index contributed by atoms with van der Waals surface area (Å²) in [5.41, 5.74) is 0.294. The number of aliphatic hydroxyl groups excluding tert-OH is 1. The SMILES string of the molecule is CC(C)(C)OC(=O)NCC#Cc1ccsc1CO. The molecule has 0 bridgehead atoms. The van der Waals surface area contributed by atoms with Crippen LogP contribution in [0.15, 0.2) is 11.4 Å². The van der Waals surface area contributed by atoms with Crippen LogP contribution < -0.4 is 5.32 Å². The first-order valence-electron chi connectivity index (χ1n) is 5.55. The molecule has 18 heavy (non-hydrogen) atoms. The van der Waals surface area contributed by atoms with Crippen LogP contribution in [0.3, 0.4) is 0 Å². The lowest BCUT2D eigenvalue weighted by molar-refractivity contribution is 0.0535. The Morgan fingerprint density at radius 3 is 2.89 bits per heavy atom. The lowest BCUT2D eigenvalue weighted by Gasteiger charge is -2.18. The summed E-state index contributed by atoms with van der Waals surface area (Å²) >= 11 is 1.46. The van der Waals surface area contributed by atoms with Gasteiger partial charge in [0.15, 0.2) is 0 Å². The van der Waals surface area contributed by atoms with Crippen LogP contribution in [0.5, 0.6) is 0 Å². The van der Waals surface area contributed by atoms with Gasteiger partial charge in [0.2, 0.25) is 0 Å². The lowest BCUT2D eigenvalue weighted by atomic mass is 10.2. The van der Waals surface area contributed by atoms with E-state index in [1.165, 1.54) is 11.3 Å². The van der Waals surface area contributed by atoms with Crippen molar-refractivity contribution in [3.05, 3.63) is 21.9 Å². The fourth-order valence-electron chi connectivity index (χ4n) is 1.14. The summed E-state index contributed by atoms with van der Waals surface area (Å²) in [5.74, 6) is 5.71. The third-order valence-electron chi connectivity index (χ3n) is 1.83. The number of amides is 1. The van der Waals surface area contributed by atoms with Crippen LogP contribution >= 0.6 is 11.3 Å². The lowest BCUT2D eigenvalue weighted by Crippen LogP contribution is -2.32. The summed E-state index contributed by atoms with van der Waals surface area (Å²) < 4.78 is 5.06. The van der Waals surface area contributed by atoms with Gasteiger partial charge in [0.1, 0.15) is 5.60 Å². The Hall–Kier alpha value is -1.51. The van der Waals surface area contributed by atoms with Crippen molar-refractivity contribution in [1.29, 1.82) is 0 Å². The molecule has 98 valence electrons. The largest absolute Gasteiger partial charge is 0.444 e. The van der Waals surface area contributed by atoms with E-state index in [9.17, 15) is 4.79 Å². The molecule has 0 atom stereocenters. The van der Waals surface area contributed by atoms with E-state index in [1.54, 1.807) is 20.8 Å². The van der Waals surface area contributed by atoms with Crippen molar-refractivity contribution < 1.29 is 14.6 Å². The predicted octanol–water partition coefficient (Wildman–Crippen LogP) is 2.12. The van der Waals surface area contributed by atoms with Gasteiger partial charge in [-0.05, 0) is 32.2 Å². The summed E-state index contributed by atoms with van der Waals surface area (Å²) in [6.45, 7) is 5.61. The van der Waals surface area contributed by atoms with E-state index in [-0.39, 0.29) is 13.2 Å². The molecule has 5 heteroatoms. The van der Waals surface area contributed by atoms with Crippen molar-refractivity contribution >= 4 is 17.4 Å². The van der Waals surface area contributed by atoms with E-state index < -0.39 is 11.7 Å². The highest BCUT2D eigenvalue weighted by Gasteiger charge is 2.14. The second-order valence-electron chi connectivity index (χ2n) is 4.57. The van der Waals surface area contributed by atoms with E-state index in [4.69, 9.17) is 9.84 Å². The molecule has 0 unspecified atom stereocenters. The summed E-state index contributed by atoms with van der Waals surface area (Å²) in [6.07, 6.45) is -0.482. The molecule has 0 radical (unpaired) electrons. The van der Waals surface area contributed by atoms with E-state index in [1.807, 2.05) is 11.4 Å². The standard InChI is InChI=1S/C13H17NO3S/c1-13(2,3)17-12(16)14-7-4-5-10-6-8-18-11(10)9-15/h6,8,15H,7,9H2,1-3H3,(H,14,16). The minimum atomic E-state index is -0.505. The number of hydrogen-bond donors (Lipinski definition) is 2. The molecule has 0 aliphatic heterocycles. The monoisotopic (exact) mass is 267 g/mol. The van der Waals surface area contributed by atoms with Gasteiger partial charge in [-0.15, -0.1) is 11.3 Å². The summed E-state index contributed by atoms with van der Waals surface area (Å²) in [6, 6.07) is 1.84. The number of carbonyl (C=O) groups excluding carboxylic acids is 1. The average molecular weight is 267 g/mol. The molecule has 0 saturated carbocycles. The van der Waals surface area contributed by atoms with Gasteiger partial charge in [0, 0.05) is 10.4 Å². The van der Waals surface area contributed by atoms with Crippen molar-refractivity contribution in [3.8, 4) is 11.8 Å². The Bertz CT molecular complexity index is 463. The van der Waals surface area contributed by atoms with Gasteiger partial charge in [-0.25, -0.2) is 4.79 Å². The number of nitrogens with one attached hydrogen (secondary N) is 1. The Balaban J connectivity index is 2.41. The molecule has 0 spiro atoms. The highest BCUT2D eigenvalue weighted by molar-refractivity contribution is 7.10. The number of alkyl carbamates (subject to hydrolysis) is 1. The van der Waals surface area contributed by atoms with E-state index in [0.29, 0.717) is 0 Å². The van der Waals surface area contributed by atoms with Gasteiger partial charge in [0.05, 0.1) is 13.2 Å². The maximum absolute atomic E-state index is 11.3. The number of carbonyl (C=O) groups is 1. The quantitative estimate of drug-likeness (QED) is 0.807. The topological polar surface area (TPSA) is 58.6 Å². The molecule has 0 aliphatic rings. The third kappa shape index (κ3) is 5.21. The number of thiophene rings is 1. The second-order valence-corrected chi connectivity index (χ2v) is 5.57. The van der Waals surface area contributed by atoms with Gasteiger partial charge in [-0.3, -0.25) is 0 Å². The Kier molecular flexibility index (Phi) is 5.20. The van der Waals surface area contributed by atoms with Gasteiger partial charge in [-0.1, -0.05) is 11.8 Å². The van der Waals surface area contributed by atoms with Crippen LogP contribution in [-0.4, -0.2) is 23.3 Å². The molecule has 0 aliphatic carbocycles. The van der Waals surface area contributed by atoms with Gasteiger partial charge >= 0.3 is 6.09 Å². The zero-order valence-corrected chi connectivity index (χ0v) is 11.6. The Labute approximate surface area is 111 Å². The first kappa shape index (κ1) is 14.6. The second kappa shape index (κ2) is 6.43. The van der Waals surface area contributed by atoms with Crippen molar-refractivity contribution in [2.24, 2.45) is 0 Å².